The third-order valence-corrected chi connectivity index (χ3v) is 4.17. The normalized spacial score (nSPS) is 30.1. The van der Waals surface area contributed by atoms with Gasteiger partial charge in [0.05, 0.1) is 11.3 Å². The first-order valence-corrected chi connectivity index (χ1v) is 6.01. The van der Waals surface area contributed by atoms with Crippen molar-refractivity contribution in [2.45, 2.75) is 11.3 Å². The third kappa shape index (κ3) is 1.37. The van der Waals surface area contributed by atoms with E-state index in [4.69, 9.17) is 12.6 Å². The van der Waals surface area contributed by atoms with Crippen LogP contribution in [0, 0.1) is 0 Å². The monoisotopic (exact) mass is 220 g/mol. The highest BCUT2D eigenvalue weighted by Crippen LogP contribution is 2.43. The van der Waals surface area contributed by atoms with Crippen LogP contribution >= 0.6 is 12.6 Å². The number of hydrogen-bond donors (Lipinski definition) is 1. The average molecular weight is 220 g/mol. The number of rotatable bonds is 0. The summed E-state index contributed by atoms with van der Waals surface area (Å²) in [5.41, 5.74) is 2.80. The molecular formula is C12H16N2S. The zero-order valence-corrected chi connectivity index (χ0v) is 9.82. The van der Waals surface area contributed by atoms with Gasteiger partial charge in [-0.15, -0.1) is 0 Å². The van der Waals surface area contributed by atoms with Gasteiger partial charge in [0, 0.05) is 25.3 Å². The van der Waals surface area contributed by atoms with Crippen molar-refractivity contribution >= 4 is 18.3 Å². The van der Waals surface area contributed by atoms with E-state index < -0.39 is 0 Å². The lowest BCUT2D eigenvalue weighted by Gasteiger charge is -2.38. The van der Waals surface area contributed by atoms with Crippen LogP contribution < -0.4 is 4.90 Å². The summed E-state index contributed by atoms with van der Waals surface area (Å²) in [6, 6.07) is 9.24. The Bertz CT molecular complexity index is 380. The molecule has 0 N–H and O–H groups in total. The molecule has 0 radical (unpaired) electrons. The molecule has 0 amide bonds. The predicted octanol–water partition coefficient (Wildman–Crippen LogP) is 1.79. The van der Waals surface area contributed by atoms with Gasteiger partial charge >= 0.3 is 0 Å². The van der Waals surface area contributed by atoms with E-state index in [1.54, 1.807) is 0 Å². The molecule has 2 nitrogen and oxygen atoms in total. The molecule has 2 heterocycles. The predicted molar refractivity (Wildman–Crippen MR) is 66.8 cm³/mol. The topological polar surface area (TPSA) is 6.48 Å². The summed E-state index contributed by atoms with van der Waals surface area (Å²) >= 11 is 4.77. The molecule has 3 rings (SSSR count). The van der Waals surface area contributed by atoms with Gasteiger partial charge in [0.25, 0.3) is 0 Å². The molecule has 0 saturated carbocycles. The second-order valence-electron chi connectivity index (χ2n) is 4.53. The van der Waals surface area contributed by atoms with E-state index in [-0.39, 0.29) is 0 Å². The minimum Gasteiger partial charge on any atom is -0.364 e. The van der Waals surface area contributed by atoms with Crippen LogP contribution in [0.2, 0.25) is 0 Å². The summed E-state index contributed by atoms with van der Waals surface area (Å²) < 4.78 is 0. The number of para-hydroxylation sites is 1. The van der Waals surface area contributed by atoms with Crippen molar-refractivity contribution in [3.63, 3.8) is 0 Å². The fraction of sp³-hybridized carbons (Fsp3) is 0.500. The molecule has 0 bridgehead atoms. The van der Waals surface area contributed by atoms with E-state index >= 15 is 0 Å². The molecule has 80 valence electrons. The van der Waals surface area contributed by atoms with Crippen LogP contribution in [-0.4, -0.2) is 37.6 Å². The maximum absolute atomic E-state index is 4.77. The Morgan fingerprint density at radius 1 is 1.27 bits per heavy atom. The van der Waals surface area contributed by atoms with Gasteiger partial charge in [-0.1, -0.05) is 18.2 Å². The first kappa shape index (κ1) is 9.55. The van der Waals surface area contributed by atoms with Crippen molar-refractivity contribution in [1.29, 1.82) is 0 Å². The number of likely N-dealkylation sites (N-methyl/N-ethyl adjacent to an activating group) is 1. The Balaban J connectivity index is 2.01. The van der Waals surface area contributed by atoms with E-state index in [2.05, 4.69) is 41.1 Å². The molecule has 2 aliphatic heterocycles. The van der Waals surface area contributed by atoms with Crippen LogP contribution in [0.15, 0.2) is 24.3 Å². The minimum atomic E-state index is 0.379. The summed E-state index contributed by atoms with van der Waals surface area (Å²) in [6.07, 6.45) is 0. The molecule has 0 spiro atoms. The van der Waals surface area contributed by atoms with E-state index in [1.807, 2.05) is 0 Å². The highest BCUT2D eigenvalue weighted by molar-refractivity contribution is 7.80. The van der Waals surface area contributed by atoms with Gasteiger partial charge in [-0.05, 0) is 18.7 Å². The molecule has 2 unspecified atom stereocenters. The van der Waals surface area contributed by atoms with Crippen LogP contribution in [0.5, 0.6) is 0 Å². The third-order valence-electron chi connectivity index (χ3n) is 3.55. The van der Waals surface area contributed by atoms with Gasteiger partial charge in [-0.3, -0.25) is 0 Å². The molecule has 1 aromatic rings. The maximum Gasteiger partial charge on any atom is 0.0575 e. The highest BCUT2D eigenvalue weighted by Gasteiger charge is 2.38. The Kier molecular flexibility index (Phi) is 2.18. The number of thiol groups is 1. The number of fused-ring (bicyclic) bond motifs is 3. The second kappa shape index (κ2) is 3.42. The molecule has 0 aromatic heterocycles. The van der Waals surface area contributed by atoms with Gasteiger partial charge in [-0.25, -0.2) is 0 Å². The van der Waals surface area contributed by atoms with Gasteiger partial charge in [0.1, 0.15) is 0 Å². The average Bonchev–Trinajstić information content (AvgIpc) is 2.54. The first-order valence-electron chi connectivity index (χ1n) is 5.49. The molecule has 1 fully saturated rings. The van der Waals surface area contributed by atoms with Crippen molar-refractivity contribution in [2.24, 2.45) is 0 Å². The first-order chi connectivity index (χ1) is 7.27. The number of anilines is 1. The lowest BCUT2D eigenvalue weighted by Crippen LogP contribution is -2.50. The SMILES string of the molecule is CN1CCN2c3ccccc3C(S)C2C1. The summed E-state index contributed by atoms with van der Waals surface area (Å²) in [4.78, 5) is 4.92. The number of nitrogens with zero attached hydrogens (tertiary/aromatic N) is 2. The minimum absolute atomic E-state index is 0.379. The lowest BCUT2D eigenvalue weighted by molar-refractivity contribution is 0.272. The molecule has 1 aromatic carbocycles. The van der Waals surface area contributed by atoms with E-state index in [1.165, 1.54) is 11.3 Å². The standard InChI is InChI=1S/C12H16N2S/c1-13-6-7-14-10-5-3-2-4-9(10)12(15)11(14)8-13/h2-5,11-12,15H,6-8H2,1H3. The van der Waals surface area contributed by atoms with Gasteiger partial charge in [0.15, 0.2) is 0 Å². The second-order valence-corrected chi connectivity index (χ2v) is 5.08. The quantitative estimate of drug-likeness (QED) is 0.666. The molecule has 15 heavy (non-hydrogen) atoms. The Labute approximate surface area is 96.3 Å². The summed E-state index contributed by atoms with van der Waals surface area (Å²) in [5, 5.41) is 0.379. The zero-order chi connectivity index (χ0) is 10.4. The number of piperazine rings is 1. The van der Waals surface area contributed by atoms with E-state index in [9.17, 15) is 0 Å². The maximum atomic E-state index is 4.77. The fourth-order valence-corrected chi connectivity index (χ4v) is 3.20. The van der Waals surface area contributed by atoms with Gasteiger partial charge in [0.2, 0.25) is 0 Å². The molecule has 1 saturated heterocycles. The zero-order valence-electron chi connectivity index (χ0n) is 8.93. The van der Waals surface area contributed by atoms with Crippen molar-refractivity contribution in [3.8, 4) is 0 Å². The highest BCUT2D eigenvalue weighted by atomic mass is 32.1. The molecule has 0 aliphatic carbocycles. The Morgan fingerprint density at radius 2 is 2.07 bits per heavy atom. The molecular weight excluding hydrogens is 204 g/mol. The fourth-order valence-electron chi connectivity index (χ4n) is 2.73. The van der Waals surface area contributed by atoms with Crippen LogP contribution in [0.25, 0.3) is 0 Å². The van der Waals surface area contributed by atoms with E-state index in [0.717, 1.165) is 19.6 Å². The molecule has 3 heteroatoms. The molecule has 2 aliphatic rings. The van der Waals surface area contributed by atoms with Crippen LogP contribution in [0.1, 0.15) is 10.8 Å². The molecule has 2 atom stereocenters. The number of benzene rings is 1. The van der Waals surface area contributed by atoms with Crippen LogP contribution in [0.3, 0.4) is 0 Å². The summed E-state index contributed by atoms with van der Waals surface area (Å²) in [7, 11) is 2.20. The summed E-state index contributed by atoms with van der Waals surface area (Å²) in [6.45, 7) is 3.42. The van der Waals surface area contributed by atoms with Crippen LogP contribution in [0.4, 0.5) is 5.69 Å². The van der Waals surface area contributed by atoms with Gasteiger partial charge in [-0.2, -0.15) is 12.6 Å². The summed E-state index contributed by atoms with van der Waals surface area (Å²) in [5.74, 6) is 0. The van der Waals surface area contributed by atoms with Crippen LogP contribution in [-0.2, 0) is 0 Å². The Hall–Kier alpha value is -0.670. The number of hydrogen-bond acceptors (Lipinski definition) is 3. The van der Waals surface area contributed by atoms with Crippen molar-refractivity contribution in [1.82, 2.24) is 4.90 Å². The van der Waals surface area contributed by atoms with Gasteiger partial charge < -0.3 is 9.80 Å². The Morgan fingerprint density at radius 3 is 2.93 bits per heavy atom. The smallest absolute Gasteiger partial charge is 0.0575 e. The van der Waals surface area contributed by atoms with Crippen molar-refractivity contribution in [2.75, 3.05) is 31.6 Å². The largest absolute Gasteiger partial charge is 0.364 e. The van der Waals surface area contributed by atoms with Crippen molar-refractivity contribution < 1.29 is 0 Å². The van der Waals surface area contributed by atoms with Crippen molar-refractivity contribution in [3.05, 3.63) is 29.8 Å². The van der Waals surface area contributed by atoms with E-state index in [0.29, 0.717) is 11.3 Å². The lowest BCUT2D eigenvalue weighted by atomic mass is 10.1.